The van der Waals surface area contributed by atoms with Crippen LogP contribution < -0.4 is 15.8 Å². The average Bonchev–Trinajstić information content (AvgIpc) is 3.04. The van der Waals surface area contributed by atoms with E-state index in [4.69, 9.17) is 10.5 Å². The third-order valence-electron chi connectivity index (χ3n) is 2.96. The van der Waals surface area contributed by atoms with Gasteiger partial charge in [0.2, 0.25) is 0 Å². The van der Waals surface area contributed by atoms with Crippen LogP contribution in [0.3, 0.4) is 0 Å². The first-order chi connectivity index (χ1) is 10.9. The van der Waals surface area contributed by atoms with E-state index in [2.05, 4.69) is 10.3 Å². The first-order valence-corrected chi connectivity index (χ1v) is 7.88. The Morgan fingerprint density at radius 2 is 1.96 bits per heavy atom. The van der Waals surface area contributed by atoms with E-state index in [1.165, 1.54) is 16.7 Å². The lowest BCUT2D eigenvalue weighted by atomic mass is 10.2. The quantitative estimate of drug-likeness (QED) is 0.729. The number of hydrogen-bond acceptors (Lipinski definition) is 5. The summed E-state index contributed by atoms with van der Waals surface area (Å²) in [5.74, 6) is -3.02. The van der Waals surface area contributed by atoms with Crippen molar-refractivity contribution in [2.45, 2.75) is 12.8 Å². The molecule has 0 bridgehead atoms. The Labute approximate surface area is 160 Å². The van der Waals surface area contributed by atoms with Crippen molar-refractivity contribution in [2.24, 2.45) is 5.73 Å². The summed E-state index contributed by atoms with van der Waals surface area (Å²) in [6, 6.07) is 7.27. The van der Waals surface area contributed by atoms with E-state index in [0.29, 0.717) is 11.6 Å². The van der Waals surface area contributed by atoms with Crippen LogP contribution in [0.4, 0.5) is 8.78 Å². The highest BCUT2D eigenvalue weighted by molar-refractivity contribution is 7.13. The number of carbonyl (C=O) groups is 1. The van der Waals surface area contributed by atoms with Crippen LogP contribution in [0, 0.1) is 0 Å². The van der Waals surface area contributed by atoms with E-state index in [1.807, 2.05) is 31.2 Å². The van der Waals surface area contributed by atoms with Crippen molar-refractivity contribution in [2.75, 3.05) is 19.7 Å². The fraction of sp³-hybridized carbons (Fsp3) is 0.333. The molecule has 140 valence electrons. The molecule has 1 aromatic heterocycles. The van der Waals surface area contributed by atoms with Crippen LogP contribution >= 0.6 is 36.2 Å². The molecule has 0 aliphatic rings. The number of thiazole rings is 1. The smallest absolute Gasteiger partial charge is 0.277 e. The average molecular weight is 414 g/mol. The summed E-state index contributed by atoms with van der Waals surface area (Å²) in [6.07, 6.45) is 0. The number of halogens is 4. The maximum atomic E-state index is 13.0. The van der Waals surface area contributed by atoms with Crippen LogP contribution in [0.2, 0.25) is 0 Å². The number of hydrogen-bond donors (Lipinski definition) is 2. The highest BCUT2D eigenvalue weighted by atomic mass is 35.5. The number of amides is 1. The molecular weight excluding hydrogens is 395 g/mol. The number of rotatable bonds is 7. The van der Waals surface area contributed by atoms with Gasteiger partial charge in [-0.1, -0.05) is 0 Å². The van der Waals surface area contributed by atoms with Gasteiger partial charge < -0.3 is 15.8 Å². The molecule has 0 fully saturated rings. The molecule has 0 saturated heterocycles. The van der Waals surface area contributed by atoms with E-state index < -0.39 is 24.9 Å². The maximum absolute atomic E-state index is 13.0. The maximum Gasteiger partial charge on any atom is 0.277 e. The minimum absolute atomic E-state index is 0. The molecule has 1 heterocycles. The first-order valence-electron chi connectivity index (χ1n) is 7.00. The predicted octanol–water partition coefficient (Wildman–Crippen LogP) is 3.38. The Bertz CT molecular complexity index is 669. The summed E-state index contributed by atoms with van der Waals surface area (Å²) in [6.45, 7) is 0.849. The van der Waals surface area contributed by atoms with Gasteiger partial charge >= 0.3 is 0 Å². The lowest BCUT2D eigenvalue weighted by Gasteiger charge is -2.13. The summed E-state index contributed by atoms with van der Waals surface area (Å²) in [4.78, 5) is 16.0. The molecule has 25 heavy (non-hydrogen) atoms. The van der Waals surface area contributed by atoms with Crippen molar-refractivity contribution in [1.82, 2.24) is 10.3 Å². The Morgan fingerprint density at radius 3 is 2.52 bits per heavy atom. The van der Waals surface area contributed by atoms with Gasteiger partial charge in [-0.2, -0.15) is 0 Å². The van der Waals surface area contributed by atoms with Crippen molar-refractivity contribution >= 4 is 42.1 Å². The van der Waals surface area contributed by atoms with Crippen LogP contribution in [0.25, 0.3) is 10.6 Å². The molecular formula is C15H19Cl2F2N3O2S. The Kier molecular flexibility index (Phi) is 9.88. The van der Waals surface area contributed by atoms with Gasteiger partial charge in [0.25, 0.3) is 11.8 Å². The van der Waals surface area contributed by atoms with Crippen molar-refractivity contribution in [3.8, 4) is 16.3 Å². The zero-order valence-corrected chi connectivity index (χ0v) is 15.8. The molecule has 5 nitrogen and oxygen atoms in total. The van der Waals surface area contributed by atoms with Gasteiger partial charge in [-0.3, -0.25) is 4.79 Å². The highest BCUT2D eigenvalue weighted by Crippen LogP contribution is 2.25. The molecule has 3 N–H and O–H groups in total. The standard InChI is InChI=1S/C15H17F2N3O2S.2ClH/c1-2-22-11-5-3-10(4-6-11)14-20-12(7-23-14)13(21)19-9-15(16,17)8-18;;/h3-7H,2,8-9,18H2,1H3,(H,19,21);2*1H. The zero-order valence-electron chi connectivity index (χ0n) is 13.3. The number of benzene rings is 1. The molecule has 0 radical (unpaired) electrons. The summed E-state index contributed by atoms with van der Waals surface area (Å²) < 4.78 is 31.4. The zero-order chi connectivity index (χ0) is 16.9. The fourth-order valence-electron chi connectivity index (χ4n) is 1.74. The van der Waals surface area contributed by atoms with Gasteiger partial charge in [0.15, 0.2) is 0 Å². The lowest BCUT2D eigenvalue weighted by molar-refractivity contribution is 0.0118. The molecule has 0 spiro atoms. The van der Waals surface area contributed by atoms with Gasteiger partial charge in [0.05, 0.1) is 19.7 Å². The topological polar surface area (TPSA) is 77.2 Å². The van der Waals surface area contributed by atoms with Crippen LogP contribution in [-0.4, -0.2) is 36.5 Å². The van der Waals surface area contributed by atoms with Gasteiger partial charge in [0.1, 0.15) is 16.5 Å². The number of ether oxygens (including phenoxy) is 1. The van der Waals surface area contributed by atoms with Crippen LogP contribution in [0.5, 0.6) is 5.75 Å². The van der Waals surface area contributed by atoms with E-state index in [0.717, 1.165) is 11.3 Å². The normalized spacial score (nSPS) is 10.4. The molecule has 2 rings (SSSR count). The number of nitrogens with two attached hydrogens (primary N) is 1. The van der Waals surface area contributed by atoms with Crippen LogP contribution in [-0.2, 0) is 0 Å². The SMILES string of the molecule is CCOc1ccc(-c2nc(C(=O)NCC(F)(F)CN)cs2)cc1.Cl.Cl. The fourth-order valence-corrected chi connectivity index (χ4v) is 2.55. The second kappa shape index (κ2) is 10.5. The van der Waals surface area contributed by atoms with Gasteiger partial charge in [-0.25, -0.2) is 13.8 Å². The van der Waals surface area contributed by atoms with Crippen molar-refractivity contribution < 1.29 is 18.3 Å². The van der Waals surface area contributed by atoms with Crippen LogP contribution in [0.1, 0.15) is 17.4 Å². The predicted molar refractivity (Wildman–Crippen MR) is 99.5 cm³/mol. The summed E-state index contributed by atoms with van der Waals surface area (Å²) in [5, 5.41) is 4.29. The number of carbonyl (C=O) groups excluding carboxylic acids is 1. The van der Waals surface area contributed by atoms with E-state index in [9.17, 15) is 13.6 Å². The Morgan fingerprint density at radius 1 is 1.32 bits per heavy atom. The van der Waals surface area contributed by atoms with Gasteiger partial charge in [-0.05, 0) is 31.2 Å². The first kappa shape index (κ1) is 23.5. The second-order valence-electron chi connectivity index (χ2n) is 4.74. The lowest BCUT2D eigenvalue weighted by Crippen LogP contribution is -2.41. The Hall–Kier alpha value is -1.48. The van der Waals surface area contributed by atoms with Gasteiger partial charge in [0, 0.05) is 10.9 Å². The second-order valence-corrected chi connectivity index (χ2v) is 5.60. The summed E-state index contributed by atoms with van der Waals surface area (Å²) in [5.41, 5.74) is 5.85. The third-order valence-corrected chi connectivity index (χ3v) is 3.85. The number of nitrogens with one attached hydrogen (secondary N) is 1. The van der Waals surface area contributed by atoms with E-state index >= 15 is 0 Å². The molecule has 10 heteroatoms. The summed E-state index contributed by atoms with van der Waals surface area (Å²) in [7, 11) is 0. The molecule has 0 saturated carbocycles. The molecule has 1 aromatic carbocycles. The molecule has 2 aromatic rings. The largest absolute Gasteiger partial charge is 0.494 e. The minimum atomic E-state index is -3.12. The van der Waals surface area contributed by atoms with Crippen molar-refractivity contribution in [3.05, 3.63) is 35.3 Å². The monoisotopic (exact) mass is 413 g/mol. The number of nitrogens with zero attached hydrogens (tertiary/aromatic N) is 1. The number of alkyl halides is 2. The third kappa shape index (κ3) is 6.74. The minimum Gasteiger partial charge on any atom is -0.494 e. The van der Waals surface area contributed by atoms with Crippen LogP contribution in [0.15, 0.2) is 29.6 Å². The van der Waals surface area contributed by atoms with E-state index in [1.54, 1.807) is 0 Å². The van der Waals surface area contributed by atoms with Crippen molar-refractivity contribution in [3.63, 3.8) is 0 Å². The molecule has 0 aliphatic heterocycles. The van der Waals surface area contributed by atoms with Crippen molar-refractivity contribution in [1.29, 1.82) is 0 Å². The van der Waals surface area contributed by atoms with E-state index in [-0.39, 0.29) is 30.5 Å². The molecule has 0 aliphatic carbocycles. The van der Waals surface area contributed by atoms with Gasteiger partial charge in [-0.15, -0.1) is 36.2 Å². The highest BCUT2D eigenvalue weighted by Gasteiger charge is 2.27. The molecule has 0 atom stereocenters. The number of aromatic nitrogens is 1. The molecule has 0 unspecified atom stereocenters. The Balaban J connectivity index is 0.00000288. The summed E-state index contributed by atoms with van der Waals surface area (Å²) >= 11 is 1.26. The molecule has 1 amide bonds.